The molecule has 110 heavy (non-hydrogen) atoms. The Morgan fingerprint density at radius 1 is 0.318 bits per heavy atom. The van der Waals surface area contributed by atoms with Gasteiger partial charge in [-0.05, 0) is 260 Å². The third-order valence-corrected chi connectivity index (χ3v) is 25.4. The van der Waals surface area contributed by atoms with E-state index in [9.17, 15) is 0 Å². The van der Waals surface area contributed by atoms with Gasteiger partial charge in [-0.3, -0.25) is 0 Å². The lowest BCUT2D eigenvalue weighted by Crippen LogP contribution is -2.51. The smallest absolute Gasteiger partial charge is 0.0308 e. The van der Waals surface area contributed by atoms with Crippen molar-refractivity contribution in [3.05, 3.63) is 0 Å². The minimum absolute atomic E-state index is 0.0845. The van der Waals surface area contributed by atoms with Gasteiger partial charge in [0.15, 0.2) is 0 Å². The normalized spacial score (nSPS) is 23.7. The maximum atomic E-state index is 8.27. The van der Waals surface area contributed by atoms with Crippen molar-refractivity contribution in [2.24, 2.45) is 158 Å². The second kappa shape index (κ2) is 50.9. The summed E-state index contributed by atoms with van der Waals surface area (Å²) in [5, 5.41) is 0. The summed E-state index contributed by atoms with van der Waals surface area (Å²) >= 11 is 0. The van der Waals surface area contributed by atoms with Gasteiger partial charge >= 0.3 is 0 Å². The molecule has 8 rings (SSSR count). The summed E-state index contributed by atoms with van der Waals surface area (Å²) in [4.78, 5) is 0. The van der Waals surface area contributed by atoms with Crippen molar-refractivity contribution in [3.63, 3.8) is 0 Å². The average molecular weight is 1560 g/mol. The Bertz CT molecular complexity index is 2300. The van der Waals surface area contributed by atoms with Crippen molar-refractivity contribution in [1.29, 1.82) is 0 Å². The molecule has 4 bridgehead atoms. The van der Waals surface area contributed by atoms with Gasteiger partial charge in [-0.15, -0.1) is 0 Å². The summed E-state index contributed by atoms with van der Waals surface area (Å²) in [7, 11) is 0. The van der Waals surface area contributed by atoms with Crippen molar-refractivity contribution in [1.82, 2.24) is 0 Å². The van der Waals surface area contributed by atoms with E-state index < -0.39 is 12.3 Å². The molecule has 0 aromatic heterocycles. The molecule has 672 valence electrons. The molecule has 1 atom stereocenters. The van der Waals surface area contributed by atoms with E-state index in [1.165, 1.54) is 103 Å². The number of hydrogen-bond donors (Lipinski definition) is 0. The van der Waals surface area contributed by atoms with Crippen LogP contribution in [0.5, 0.6) is 0 Å². The average Bonchev–Trinajstić information content (AvgIpc) is 1.14. The molecule has 0 aromatic carbocycles. The zero-order valence-electron chi connectivity index (χ0n) is 95.5. The molecule has 0 aliphatic heterocycles. The molecular formula is C110H232. The molecule has 8 saturated carbocycles. The van der Waals surface area contributed by atoms with Gasteiger partial charge in [0.1, 0.15) is 0 Å². The minimum Gasteiger partial charge on any atom is -0.0628 e. The lowest BCUT2D eigenvalue weighted by atomic mass is 9.43. The highest BCUT2D eigenvalue weighted by molar-refractivity contribution is 5.06. The van der Waals surface area contributed by atoms with Crippen LogP contribution in [0.15, 0.2) is 0 Å². The van der Waals surface area contributed by atoms with E-state index in [1.54, 1.807) is 59.3 Å². The first kappa shape index (κ1) is 106. The molecule has 0 radical (unpaired) electrons. The molecule has 0 saturated heterocycles. The Morgan fingerprint density at radius 3 is 0.645 bits per heavy atom. The first-order chi connectivity index (χ1) is 50.6. The predicted molar refractivity (Wildman–Crippen MR) is 519 cm³/mol. The van der Waals surface area contributed by atoms with Crippen LogP contribution in [-0.2, 0) is 0 Å². The van der Waals surface area contributed by atoms with Crippen LogP contribution in [0.3, 0.4) is 0 Å². The molecule has 0 N–H and O–H groups in total. The number of hydrogen-bond acceptors (Lipinski definition) is 0. The second-order valence-corrected chi connectivity index (χ2v) is 55.0. The summed E-state index contributed by atoms with van der Waals surface area (Å²) in [6.45, 7) is 120. The highest BCUT2D eigenvalue weighted by Crippen LogP contribution is 2.66. The van der Waals surface area contributed by atoms with Crippen LogP contribution in [0.1, 0.15) is 564 Å². The lowest BCUT2D eigenvalue weighted by molar-refractivity contribution is -0.113. The first-order valence-electron chi connectivity index (χ1n) is 50.6. The lowest BCUT2D eigenvalue weighted by Gasteiger charge is -2.62. The van der Waals surface area contributed by atoms with Gasteiger partial charge in [-0.2, -0.15) is 0 Å². The van der Waals surface area contributed by atoms with Gasteiger partial charge in [0, 0.05) is 9.60 Å². The summed E-state index contributed by atoms with van der Waals surface area (Å²) < 4.78 is 52.8. The van der Waals surface area contributed by atoms with Gasteiger partial charge in [0.2, 0.25) is 0 Å². The van der Waals surface area contributed by atoms with Gasteiger partial charge in [0.05, 0.1) is 0 Å². The number of rotatable bonds is 2. The van der Waals surface area contributed by atoms with E-state index in [4.69, 9.17) is 9.60 Å². The van der Waals surface area contributed by atoms with Crippen LogP contribution in [0.4, 0.5) is 0 Å². The Morgan fingerprint density at radius 2 is 0.545 bits per heavy atom. The van der Waals surface area contributed by atoms with Gasteiger partial charge in [-0.25, -0.2) is 0 Å². The molecular weight excluding hydrogens is 1320 g/mol. The zero-order chi connectivity index (χ0) is 95.5. The minimum atomic E-state index is -1.81. The maximum absolute atomic E-state index is 8.27. The maximum Gasteiger partial charge on any atom is 0.0308 e. The first-order valence-corrected chi connectivity index (χ1v) is 47.1. The van der Waals surface area contributed by atoms with Crippen LogP contribution >= 0.6 is 0 Å². The Labute approximate surface area is 717 Å². The van der Waals surface area contributed by atoms with E-state index in [0.29, 0.717) is 60.1 Å². The Hall–Kier alpha value is 0. The standard InChI is InChI=1S/C14H24.2C10H20.2C9H18.2C9H20.2C8H18.2C7H16.2C5H12/c1-13(2,3)14-7-10-4-11(8-14)6-12(5-10)9-14;2*1-10(2,3)9-7-5-4-6-8-9;2*1-9(2,3)8-6-4-5-7-8;1-8(2,3)7-9(4,5)6;1-7(2)8(3)9(4,5)6;1-7(2)6-8(3,4)5;1-7(2,3)8(4,5)6;2*1-6(2)7(3,4)5;2*1-5(2,3)4/h10-12H,4-9H2,1-3H3;2*9H,4-8H2,1-3H3;2*8H,4-7H2,1-3H3;7H2,1-6H3;7-8H,1-6H3;7H,6H2,1-5H3;1-6H3;2*6H,1-5H3;2*1-4H3/i;9D;;8D;;;8D;;;6D;;1D3;. The Balaban J connectivity index is -0.000000287. The largest absolute Gasteiger partial charge is 0.0628 e. The van der Waals surface area contributed by atoms with E-state index in [-0.39, 0.29) is 45.2 Å². The monoisotopic (exact) mass is 1560 g/mol. The zero-order valence-corrected chi connectivity index (χ0v) is 88.5. The molecule has 0 nitrogen and oxygen atoms in total. The molecule has 1 unspecified atom stereocenters. The quantitative estimate of drug-likeness (QED) is 0.259. The van der Waals surface area contributed by atoms with E-state index >= 15 is 0 Å². The summed E-state index contributed by atoms with van der Waals surface area (Å²) in [5.74, 6) is 6.54. The molecule has 8 aliphatic rings. The molecule has 0 heteroatoms. The van der Waals surface area contributed by atoms with Crippen molar-refractivity contribution in [2.75, 3.05) is 0 Å². The highest BCUT2D eigenvalue weighted by atomic mass is 14.6. The van der Waals surface area contributed by atoms with Crippen molar-refractivity contribution < 1.29 is 9.60 Å². The molecule has 0 amide bonds. The fraction of sp³-hybridized carbons (Fsp3) is 1.00. The highest BCUT2D eigenvalue weighted by Gasteiger charge is 2.55. The predicted octanol–water partition coefficient (Wildman–Crippen LogP) is 40.4. The molecule has 8 aliphatic carbocycles. The van der Waals surface area contributed by atoms with E-state index in [2.05, 4.69) is 339 Å². The van der Waals surface area contributed by atoms with Gasteiger partial charge < -0.3 is 0 Å². The molecule has 0 aromatic rings. The van der Waals surface area contributed by atoms with Crippen molar-refractivity contribution >= 4 is 0 Å². The molecule has 0 spiro atoms. The van der Waals surface area contributed by atoms with E-state index in [0.717, 1.165) is 72.5 Å². The second-order valence-electron chi connectivity index (χ2n) is 55.0. The van der Waals surface area contributed by atoms with Gasteiger partial charge in [0.25, 0.3) is 0 Å². The summed E-state index contributed by atoms with van der Waals surface area (Å²) in [6.07, 6.45) is 36.1. The van der Waals surface area contributed by atoms with Crippen LogP contribution < -0.4 is 0 Å². The topological polar surface area (TPSA) is 0 Å². The Kier molecular flexibility index (Phi) is 49.1. The summed E-state index contributed by atoms with van der Waals surface area (Å²) in [5.41, 5.74) is 5.80. The summed E-state index contributed by atoms with van der Waals surface area (Å²) in [6, 6.07) is 0. The fourth-order valence-electron chi connectivity index (χ4n) is 15.8. The fourth-order valence-corrected chi connectivity index (χ4v) is 15.8. The third-order valence-electron chi connectivity index (χ3n) is 25.4. The van der Waals surface area contributed by atoms with Crippen molar-refractivity contribution in [3.8, 4) is 0 Å². The van der Waals surface area contributed by atoms with Crippen LogP contribution in [0, 0.1) is 158 Å². The SMILES string of the molecule is CC(C)(C)C.CC(C)(C)C(C)(C)C.CC(C)(C)C12CC3CC(CC(C3)C1)C2.CC(C)(C)C1CCCC1.CC(C)(C)C1CCCCC1.CC(C)(C)CC(C)(C)C.CC(C)C(C)(C)C.CC(C)CC(C)(C)C.[2H]C(C)(C(C)C)C(C)(C)C.[2H]C(C)(C)C(C)(C)C.[2H]C([2H])([2H])C(C)(C)C.[2H]C1(C(C)(C)C)CCCC1.[2H]C1(C(C)(C)C)CCCCC1. The van der Waals surface area contributed by atoms with E-state index in [1.807, 2.05) is 20.8 Å². The molecule has 0 heterocycles. The van der Waals surface area contributed by atoms with Crippen LogP contribution in [0.25, 0.3) is 0 Å². The van der Waals surface area contributed by atoms with Crippen molar-refractivity contribution in [2.45, 2.75) is 555 Å². The third kappa shape index (κ3) is 71.0. The van der Waals surface area contributed by atoms with Crippen LogP contribution in [-0.4, -0.2) is 0 Å². The van der Waals surface area contributed by atoms with Crippen LogP contribution in [0.2, 0.25) is 0 Å². The van der Waals surface area contributed by atoms with Gasteiger partial charge in [-0.1, -0.05) is 452 Å². The molecule has 8 fully saturated rings.